The van der Waals surface area contributed by atoms with Crippen LogP contribution in [0.3, 0.4) is 0 Å². The van der Waals surface area contributed by atoms with Crippen molar-refractivity contribution in [3.8, 4) is 0 Å². The van der Waals surface area contributed by atoms with E-state index in [4.69, 9.17) is 0 Å². The molecule has 3 rings (SSSR count). The van der Waals surface area contributed by atoms with Crippen molar-refractivity contribution >= 4 is 12.0 Å². The summed E-state index contributed by atoms with van der Waals surface area (Å²) >= 11 is 0. The van der Waals surface area contributed by atoms with Crippen LogP contribution in [-0.4, -0.2) is 32.1 Å². The second kappa shape index (κ2) is 6.12. The fourth-order valence-corrected chi connectivity index (χ4v) is 2.85. The van der Waals surface area contributed by atoms with Crippen LogP contribution in [0.5, 0.6) is 0 Å². The van der Waals surface area contributed by atoms with Crippen molar-refractivity contribution in [3.63, 3.8) is 0 Å². The molecule has 0 saturated carbocycles. The average molecular weight is 309 g/mol. The second-order valence-electron chi connectivity index (χ2n) is 5.70. The molecule has 1 N–H and O–H groups in total. The minimum Gasteiger partial charge on any atom is -0.478 e. The molecule has 0 atom stereocenters. The molecule has 1 aromatic heterocycles. The number of hydrogen-bond donors (Lipinski definition) is 1. The number of carboxylic acid groups (broad SMARTS) is 1. The van der Waals surface area contributed by atoms with Crippen molar-refractivity contribution in [2.24, 2.45) is 7.05 Å². The number of aromatic nitrogens is 2. The first-order chi connectivity index (χ1) is 11.1. The zero-order valence-corrected chi connectivity index (χ0v) is 13.1. The molecule has 5 nitrogen and oxygen atoms in total. The van der Waals surface area contributed by atoms with E-state index in [2.05, 4.69) is 17.6 Å². The SMILES string of the molecule is C=C1C=C(/C=C\c2cncn2C)C(N2C=CCC2)=C(C(=O)O)C1. The van der Waals surface area contributed by atoms with Gasteiger partial charge in [-0.3, -0.25) is 0 Å². The summed E-state index contributed by atoms with van der Waals surface area (Å²) in [4.78, 5) is 17.8. The summed E-state index contributed by atoms with van der Waals surface area (Å²) in [6, 6.07) is 0. The van der Waals surface area contributed by atoms with Crippen LogP contribution >= 0.6 is 0 Å². The highest BCUT2D eigenvalue weighted by Crippen LogP contribution is 2.33. The zero-order valence-electron chi connectivity index (χ0n) is 13.1. The molecular weight excluding hydrogens is 290 g/mol. The molecule has 23 heavy (non-hydrogen) atoms. The third-order valence-electron chi connectivity index (χ3n) is 3.98. The van der Waals surface area contributed by atoms with Crippen molar-refractivity contribution in [1.82, 2.24) is 14.5 Å². The van der Waals surface area contributed by atoms with Crippen LogP contribution in [0.15, 0.2) is 65.9 Å². The Labute approximate surface area is 135 Å². The molecule has 0 radical (unpaired) electrons. The van der Waals surface area contributed by atoms with E-state index < -0.39 is 5.97 Å². The maximum atomic E-state index is 11.7. The Morgan fingerprint density at radius 2 is 2.26 bits per heavy atom. The van der Waals surface area contributed by atoms with E-state index >= 15 is 0 Å². The summed E-state index contributed by atoms with van der Waals surface area (Å²) in [6.07, 6.45) is 14.6. The van der Waals surface area contributed by atoms with Gasteiger partial charge in [-0.1, -0.05) is 18.7 Å². The van der Waals surface area contributed by atoms with Crippen molar-refractivity contribution in [2.75, 3.05) is 6.54 Å². The first-order valence-electron chi connectivity index (χ1n) is 7.50. The number of aliphatic carboxylic acids is 1. The molecule has 2 aliphatic rings. The quantitative estimate of drug-likeness (QED) is 0.929. The zero-order chi connectivity index (χ0) is 16.4. The number of rotatable bonds is 4. The van der Waals surface area contributed by atoms with Gasteiger partial charge in [0.15, 0.2) is 0 Å². The number of carboxylic acids is 1. The molecular formula is C18H19N3O2. The standard InChI is InChI=1S/C18H19N3O2/c1-13-9-14(5-6-15-11-19-12-20(15)2)17(16(10-13)18(22)23)21-7-3-4-8-21/h3,5-7,9,11-12H,1,4,8,10H2,2H3,(H,22,23)/b6-5-. The smallest absolute Gasteiger partial charge is 0.334 e. The second-order valence-corrected chi connectivity index (χ2v) is 5.70. The fourth-order valence-electron chi connectivity index (χ4n) is 2.85. The van der Waals surface area contributed by atoms with Crippen LogP contribution < -0.4 is 0 Å². The lowest BCUT2D eigenvalue weighted by Crippen LogP contribution is -2.22. The third kappa shape index (κ3) is 3.04. The minimum absolute atomic E-state index is 0.373. The van der Waals surface area contributed by atoms with Crippen molar-refractivity contribution in [2.45, 2.75) is 12.8 Å². The van der Waals surface area contributed by atoms with Gasteiger partial charge in [-0.15, -0.1) is 0 Å². The summed E-state index contributed by atoms with van der Waals surface area (Å²) in [6.45, 7) is 4.76. The number of allylic oxidation sites excluding steroid dienone is 3. The van der Waals surface area contributed by atoms with Crippen LogP contribution in [0.4, 0.5) is 0 Å². The summed E-state index contributed by atoms with van der Waals surface area (Å²) in [5.74, 6) is -0.888. The normalized spacial score (nSPS) is 18.2. The molecule has 2 heterocycles. The van der Waals surface area contributed by atoms with Crippen LogP contribution in [0.1, 0.15) is 18.5 Å². The summed E-state index contributed by atoms with van der Waals surface area (Å²) in [7, 11) is 1.92. The van der Waals surface area contributed by atoms with Crippen LogP contribution in [0.25, 0.3) is 6.08 Å². The monoisotopic (exact) mass is 309 g/mol. The average Bonchev–Trinajstić information content (AvgIpc) is 3.16. The Hall–Kier alpha value is -2.82. The number of nitrogens with zero attached hydrogens (tertiary/aromatic N) is 3. The van der Waals surface area contributed by atoms with Gasteiger partial charge in [0.25, 0.3) is 0 Å². The Morgan fingerprint density at radius 1 is 1.43 bits per heavy atom. The lowest BCUT2D eigenvalue weighted by molar-refractivity contribution is -0.132. The molecule has 1 aromatic rings. The van der Waals surface area contributed by atoms with E-state index in [-0.39, 0.29) is 0 Å². The molecule has 0 bridgehead atoms. The van der Waals surface area contributed by atoms with Crippen LogP contribution in [0, 0.1) is 0 Å². The Bertz CT molecular complexity index is 778. The van der Waals surface area contributed by atoms with Crippen molar-refractivity contribution in [1.29, 1.82) is 0 Å². The summed E-state index contributed by atoms with van der Waals surface area (Å²) in [5.41, 5.74) is 3.78. The van der Waals surface area contributed by atoms with E-state index in [1.807, 2.05) is 40.9 Å². The Morgan fingerprint density at radius 3 is 2.87 bits per heavy atom. The van der Waals surface area contributed by atoms with E-state index in [9.17, 15) is 9.90 Å². The molecule has 5 heteroatoms. The summed E-state index contributed by atoms with van der Waals surface area (Å²) in [5, 5.41) is 9.59. The van der Waals surface area contributed by atoms with Crippen LogP contribution in [-0.2, 0) is 11.8 Å². The lowest BCUT2D eigenvalue weighted by atomic mass is 9.91. The molecule has 0 fully saturated rings. The molecule has 0 spiro atoms. The van der Waals surface area contributed by atoms with Gasteiger partial charge in [0.1, 0.15) is 0 Å². The number of aryl methyl sites for hydroxylation is 1. The molecule has 0 aromatic carbocycles. The van der Waals surface area contributed by atoms with E-state index in [1.165, 1.54) is 0 Å². The molecule has 118 valence electrons. The number of imidazole rings is 1. The van der Waals surface area contributed by atoms with E-state index in [0.29, 0.717) is 12.0 Å². The topological polar surface area (TPSA) is 58.4 Å². The van der Waals surface area contributed by atoms with E-state index in [0.717, 1.165) is 35.5 Å². The largest absolute Gasteiger partial charge is 0.478 e. The van der Waals surface area contributed by atoms with Crippen LogP contribution in [0.2, 0.25) is 0 Å². The van der Waals surface area contributed by atoms with Gasteiger partial charge in [0, 0.05) is 26.2 Å². The predicted octanol–water partition coefficient (Wildman–Crippen LogP) is 2.88. The van der Waals surface area contributed by atoms with Gasteiger partial charge in [-0.2, -0.15) is 0 Å². The Balaban J connectivity index is 2.02. The van der Waals surface area contributed by atoms with Gasteiger partial charge in [-0.05, 0) is 29.7 Å². The van der Waals surface area contributed by atoms with Gasteiger partial charge < -0.3 is 14.6 Å². The molecule has 0 amide bonds. The van der Waals surface area contributed by atoms with Crippen molar-refractivity contribution in [3.05, 3.63) is 71.6 Å². The van der Waals surface area contributed by atoms with Crippen molar-refractivity contribution < 1.29 is 9.90 Å². The molecule has 1 aliphatic heterocycles. The number of carbonyl (C=O) groups is 1. The molecule has 1 aliphatic carbocycles. The highest BCUT2D eigenvalue weighted by Gasteiger charge is 2.26. The lowest BCUT2D eigenvalue weighted by Gasteiger charge is -2.27. The maximum Gasteiger partial charge on any atom is 0.334 e. The van der Waals surface area contributed by atoms with Gasteiger partial charge in [-0.25, -0.2) is 9.78 Å². The summed E-state index contributed by atoms with van der Waals surface area (Å²) < 4.78 is 1.91. The third-order valence-corrected chi connectivity index (χ3v) is 3.98. The van der Waals surface area contributed by atoms with Gasteiger partial charge in [0.2, 0.25) is 0 Å². The minimum atomic E-state index is -0.888. The highest BCUT2D eigenvalue weighted by molar-refractivity contribution is 5.90. The van der Waals surface area contributed by atoms with E-state index in [1.54, 1.807) is 12.5 Å². The number of hydrogen-bond acceptors (Lipinski definition) is 3. The van der Waals surface area contributed by atoms with Gasteiger partial charge >= 0.3 is 5.97 Å². The Kier molecular flexibility index (Phi) is 4.02. The highest BCUT2D eigenvalue weighted by atomic mass is 16.4. The first kappa shape index (κ1) is 15.1. The van der Waals surface area contributed by atoms with Gasteiger partial charge in [0.05, 0.1) is 29.5 Å². The first-order valence-corrected chi connectivity index (χ1v) is 7.50. The molecule has 0 saturated heterocycles. The fraction of sp³-hybridized carbons (Fsp3) is 0.222. The maximum absolute atomic E-state index is 11.7. The predicted molar refractivity (Wildman–Crippen MR) is 89.2 cm³/mol. The molecule has 0 unspecified atom stereocenters.